The molecule has 0 bridgehead atoms. The van der Waals surface area contributed by atoms with Crippen LogP contribution in [0.1, 0.15) is 76.1 Å². The van der Waals surface area contributed by atoms with Gasteiger partial charge >= 0.3 is 0 Å². The number of hydrogen-bond donors (Lipinski definition) is 2. The average molecular weight is 517 g/mol. The van der Waals surface area contributed by atoms with E-state index in [0.717, 1.165) is 31.2 Å². The summed E-state index contributed by atoms with van der Waals surface area (Å²) in [5.41, 5.74) is 0.375. The molecule has 1 aliphatic heterocycles. The molecule has 0 radical (unpaired) electrons. The van der Waals surface area contributed by atoms with Crippen LogP contribution in [0.2, 0.25) is 0 Å². The van der Waals surface area contributed by atoms with E-state index in [1.54, 1.807) is 29.9 Å². The summed E-state index contributed by atoms with van der Waals surface area (Å²) < 4.78 is 43.9. The Morgan fingerprint density at radius 1 is 1.25 bits per heavy atom. The van der Waals surface area contributed by atoms with Gasteiger partial charge in [0.25, 0.3) is 11.8 Å². The molecule has 10 heteroatoms. The van der Waals surface area contributed by atoms with Crippen LogP contribution in [0.5, 0.6) is 0 Å². The van der Waals surface area contributed by atoms with Gasteiger partial charge in [-0.25, -0.2) is 17.5 Å². The van der Waals surface area contributed by atoms with E-state index in [4.69, 9.17) is 0 Å². The monoisotopic (exact) mass is 516 g/mol. The minimum absolute atomic E-state index is 0.0673. The van der Waals surface area contributed by atoms with Gasteiger partial charge in [0.1, 0.15) is 11.4 Å². The average Bonchev–Trinajstić information content (AvgIpc) is 3.57. The third kappa shape index (κ3) is 5.38. The maximum atomic E-state index is 15.3. The fourth-order valence-corrected chi connectivity index (χ4v) is 5.92. The van der Waals surface area contributed by atoms with E-state index in [9.17, 15) is 18.0 Å². The SMILES string of the molecule is CCCCCc1ccc(C2(C)CC(c3ccn(CC)n3)=C(C(=O)NS(=O)(=O)C3CC3)C(=O)N2)c(F)c1. The van der Waals surface area contributed by atoms with Crippen LogP contribution >= 0.6 is 0 Å². The molecule has 1 aliphatic carbocycles. The van der Waals surface area contributed by atoms with Crippen LogP contribution < -0.4 is 10.0 Å². The summed E-state index contributed by atoms with van der Waals surface area (Å²) in [6.45, 7) is 6.28. The minimum atomic E-state index is -3.87. The van der Waals surface area contributed by atoms with Gasteiger partial charge in [-0.05, 0) is 57.2 Å². The molecule has 1 atom stereocenters. The number of halogens is 1. The van der Waals surface area contributed by atoms with Crippen LogP contribution in [0, 0.1) is 5.82 Å². The van der Waals surface area contributed by atoms with E-state index in [1.807, 2.05) is 13.0 Å². The lowest BCUT2D eigenvalue weighted by Gasteiger charge is -2.37. The molecule has 1 fully saturated rings. The first-order valence-electron chi connectivity index (χ1n) is 12.5. The van der Waals surface area contributed by atoms with Crippen molar-refractivity contribution in [2.75, 3.05) is 0 Å². The van der Waals surface area contributed by atoms with Crippen LogP contribution in [-0.2, 0) is 38.1 Å². The van der Waals surface area contributed by atoms with Crippen molar-refractivity contribution in [3.05, 3.63) is 58.7 Å². The highest BCUT2D eigenvalue weighted by Crippen LogP contribution is 2.39. The Kier molecular flexibility index (Phi) is 7.36. The molecule has 1 unspecified atom stereocenters. The zero-order valence-electron chi connectivity index (χ0n) is 20.9. The van der Waals surface area contributed by atoms with Gasteiger partial charge in [-0.2, -0.15) is 5.10 Å². The van der Waals surface area contributed by atoms with E-state index in [-0.39, 0.29) is 17.6 Å². The third-order valence-corrected chi connectivity index (χ3v) is 8.66. The Bertz CT molecular complexity index is 1310. The summed E-state index contributed by atoms with van der Waals surface area (Å²) in [5.74, 6) is -2.19. The number of benzene rings is 1. The summed E-state index contributed by atoms with van der Waals surface area (Å²) in [4.78, 5) is 26.4. The fourth-order valence-electron chi connectivity index (χ4n) is 4.64. The van der Waals surface area contributed by atoms with Gasteiger partial charge < -0.3 is 5.32 Å². The van der Waals surface area contributed by atoms with Crippen LogP contribution in [0.25, 0.3) is 5.57 Å². The van der Waals surface area contributed by atoms with Crippen molar-refractivity contribution in [1.82, 2.24) is 19.8 Å². The zero-order valence-corrected chi connectivity index (χ0v) is 21.8. The van der Waals surface area contributed by atoms with Crippen LogP contribution in [0.3, 0.4) is 0 Å². The maximum absolute atomic E-state index is 15.3. The Morgan fingerprint density at radius 3 is 2.61 bits per heavy atom. The van der Waals surface area contributed by atoms with Gasteiger partial charge in [0.2, 0.25) is 10.0 Å². The van der Waals surface area contributed by atoms with E-state index < -0.39 is 38.4 Å². The number of aromatic nitrogens is 2. The number of rotatable bonds is 10. The predicted molar refractivity (Wildman–Crippen MR) is 135 cm³/mol. The van der Waals surface area contributed by atoms with Crippen molar-refractivity contribution in [3.8, 4) is 0 Å². The molecule has 2 amide bonds. The van der Waals surface area contributed by atoms with E-state index in [2.05, 4.69) is 22.1 Å². The fraction of sp³-hybridized carbons (Fsp3) is 0.500. The van der Waals surface area contributed by atoms with Crippen LogP contribution in [0.4, 0.5) is 4.39 Å². The van der Waals surface area contributed by atoms with Gasteiger partial charge in [-0.1, -0.05) is 31.9 Å². The van der Waals surface area contributed by atoms with Gasteiger partial charge in [0.05, 0.1) is 16.5 Å². The number of unbranched alkanes of at least 4 members (excludes halogenated alkanes) is 2. The lowest BCUT2D eigenvalue weighted by Crippen LogP contribution is -2.51. The number of nitrogens with one attached hydrogen (secondary N) is 2. The molecule has 0 spiro atoms. The van der Waals surface area contributed by atoms with E-state index in [0.29, 0.717) is 30.6 Å². The molecule has 2 heterocycles. The second-order valence-corrected chi connectivity index (χ2v) is 11.8. The number of nitrogens with zero attached hydrogens (tertiary/aromatic N) is 2. The Morgan fingerprint density at radius 2 is 2.00 bits per heavy atom. The molecule has 2 aromatic rings. The predicted octanol–water partition coefficient (Wildman–Crippen LogP) is 3.57. The highest BCUT2D eigenvalue weighted by atomic mass is 32.2. The van der Waals surface area contributed by atoms with Crippen molar-refractivity contribution >= 4 is 27.4 Å². The lowest BCUT2D eigenvalue weighted by atomic mass is 9.79. The molecule has 2 aliphatic rings. The van der Waals surface area contributed by atoms with E-state index >= 15 is 4.39 Å². The number of hydrogen-bond acceptors (Lipinski definition) is 5. The second-order valence-electron chi connectivity index (χ2n) is 9.82. The number of carbonyl (C=O) groups excluding carboxylic acids is 2. The zero-order chi connectivity index (χ0) is 26.1. The number of carbonyl (C=O) groups is 2. The van der Waals surface area contributed by atoms with Crippen LogP contribution in [0.15, 0.2) is 36.0 Å². The Labute approximate surface area is 211 Å². The van der Waals surface area contributed by atoms with Crippen LogP contribution in [-0.4, -0.2) is 35.3 Å². The maximum Gasteiger partial charge on any atom is 0.270 e. The van der Waals surface area contributed by atoms with Crippen molar-refractivity contribution in [2.24, 2.45) is 0 Å². The highest BCUT2D eigenvalue weighted by Gasteiger charge is 2.44. The highest BCUT2D eigenvalue weighted by molar-refractivity contribution is 7.91. The molecule has 4 rings (SSSR count). The number of amides is 2. The molecular formula is C26H33FN4O4S. The molecule has 1 aromatic heterocycles. The summed E-state index contributed by atoms with van der Waals surface area (Å²) >= 11 is 0. The first-order chi connectivity index (χ1) is 17.1. The van der Waals surface area contributed by atoms with Crippen molar-refractivity contribution < 1.29 is 22.4 Å². The smallest absolute Gasteiger partial charge is 0.270 e. The normalized spacial score (nSPS) is 20.4. The van der Waals surface area contributed by atoms with Gasteiger partial charge in [-0.15, -0.1) is 0 Å². The molecule has 1 saturated carbocycles. The lowest BCUT2D eigenvalue weighted by molar-refractivity contribution is -0.124. The topological polar surface area (TPSA) is 110 Å². The second kappa shape index (κ2) is 10.2. The molecule has 0 saturated heterocycles. The summed E-state index contributed by atoms with van der Waals surface area (Å²) in [7, 11) is -3.87. The first kappa shape index (κ1) is 26.1. The van der Waals surface area contributed by atoms with Crippen molar-refractivity contribution in [2.45, 2.75) is 83.1 Å². The van der Waals surface area contributed by atoms with Crippen molar-refractivity contribution in [1.29, 1.82) is 0 Å². The largest absolute Gasteiger partial charge is 0.342 e. The van der Waals surface area contributed by atoms with Gasteiger partial charge in [0, 0.05) is 30.3 Å². The first-order valence-corrected chi connectivity index (χ1v) is 14.1. The molecule has 36 heavy (non-hydrogen) atoms. The van der Waals surface area contributed by atoms with Crippen molar-refractivity contribution in [3.63, 3.8) is 0 Å². The quantitative estimate of drug-likeness (QED) is 0.371. The van der Waals surface area contributed by atoms with Gasteiger partial charge in [0.15, 0.2) is 0 Å². The Hall–Kier alpha value is -3.01. The molecular weight excluding hydrogens is 483 g/mol. The molecule has 1 aromatic carbocycles. The summed E-state index contributed by atoms with van der Waals surface area (Å²) in [6.07, 6.45) is 6.63. The minimum Gasteiger partial charge on any atom is -0.342 e. The summed E-state index contributed by atoms with van der Waals surface area (Å²) in [5, 5.41) is 6.61. The third-order valence-electron chi connectivity index (χ3n) is 6.84. The standard InChI is InChI=1S/C26H33FN4O4S/c1-4-6-7-8-17-9-12-20(21(27)15-17)26(3)16-19(22-13-14-31(5-2)29-22)23(24(32)28-26)25(33)30-36(34,35)18-10-11-18/h9,12-15,18H,4-8,10-11,16H2,1-3H3,(H,28,32)(H,30,33). The molecule has 194 valence electrons. The summed E-state index contributed by atoms with van der Waals surface area (Å²) in [6, 6.07) is 6.72. The Balaban J connectivity index is 1.71. The molecule has 8 nitrogen and oxygen atoms in total. The molecule has 2 N–H and O–H groups in total. The number of sulfonamides is 1. The number of aryl methyl sites for hydroxylation is 2. The van der Waals surface area contributed by atoms with E-state index in [1.165, 1.54) is 6.07 Å². The van der Waals surface area contributed by atoms with Gasteiger partial charge in [-0.3, -0.25) is 14.3 Å².